The molecule has 114 valence electrons. The minimum absolute atomic E-state index is 0. The third-order valence-electron chi connectivity index (χ3n) is 3.87. The fraction of sp³-hybridized carbons (Fsp3) is 0.263. The molecule has 3 rings (SSSR count). The van der Waals surface area contributed by atoms with E-state index >= 15 is 0 Å². The third-order valence-corrected chi connectivity index (χ3v) is 3.87. The van der Waals surface area contributed by atoms with Crippen molar-refractivity contribution in [1.29, 1.82) is 0 Å². The van der Waals surface area contributed by atoms with Gasteiger partial charge in [-0.05, 0) is 40.7 Å². The minimum Gasteiger partial charge on any atom is -1.00 e. The van der Waals surface area contributed by atoms with Gasteiger partial charge in [-0.1, -0.05) is 74.4 Å². The summed E-state index contributed by atoms with van der Waals surface area (Å²) in [7, 11) is 0. The quantitative estimate of drug-likeness (QED) is 0.508. The second-order valence-corrected chi connectivity index (χ2v) is 5.26. The van der Waals surface area contributed by atoms with E-state index in [1.807, 2.05) is 0 Å². The molecule has 0 aromatic heterocycles. The van der Waals surface area contributed by atoms with E-state index in [2.05, 4.69) is 61.5 Å². The zero-order valence-electron chi connectivity index (χ0n) is 12.8. The molecular formula is C19H20Cl2Zr. The molecule has 0 amide bonds. The Morgan fingerprint density at radius 1 is 0.955 bits per heavy atom. The van der Waals surface area contributed by atoms with Crippen LogP contribution in [0.1, 0.15) is 42.9 Å². The molecule has 2 aromatic carbocycles. The Morgan fingerprint density at radius 2 is 1.68 bits per heavy atom. The summed E-state index contributed by atoms with van der Waals surface area (Å²) in [5.74, 6) is 0. The van der Waals surface area contributed by atoms with Crippen molar-refractivity contribution in [2.75, 3.05) is 0 Å². The van der Waals surface area contributed by atoms with E-state index in [0.717, 1.165) is 6.42 Å². The van der Waals surface area contributed by atoms with E-state index in [1.54, 1.807) is 0 Å². The fourth-order valence-corrected chi connectivity index (χ4v) is 2.89. The van der Waals surface area contributed by atoms with Gasteiger partial charge in [-0.15, -0.1) is 0 Å². The molecule has 22 heavy (non-hydrogen) atoms. The number of benzene rings is 2. The third kappa shape index (κ3) is 4.57. The Kier molecular flexibility index (Phi) is 10.3. The van der Waals surface area contributed by atoms with Crippen LogP contribution in [0.5, 0.6) is 0 Å². The molecule has 0 nitrogen and oxygen atoms in total. The maximum absolute atomic E-state index is 2.32. The largest absolute Gasteiger partial charge is 2.00 e. The first-order valence-corrected chi connectivity index (χ1v) is 7.27. The predicted molar refractivity (Wildman–Crippen MR) is 83.2 cm³/mol. The molecule has 1 aliphatic carbocycles. The Balaban J connectivity index is 0.00000147. The molecule has 0 N–H and O–H groups in total. The zero-order chi connectivity index (χ0) is 13.1. The smallest absolute Gasteiger partial charge is 1.00 e. The molecule has 3 heteroatoms. The van der Waals surface area contributed by atoms with Crippen molar-refractivity contribution in [3.05, 3.63) is 65.2 Å². The molecule has 0 fully saturated rings. The Morgan fingerprint density at radius 3 is 2.45 bits per heavy atom. The normalized spacial score (nSPS) is 11.0. The fourth-order valence-electron chi connectivity index (χ4n) is 2.89. The van der Waals surface area contributed by atoms with Crippen LogP contribution in [0.3, 0.4) is 0 Å². The SMILES string of the molecule is CCCCC=Cc1cccc2c1-c1ccccc1C2.[Cl-].[Cl-].[Zr+2]. The van der Waals surface area contributed by atoms with Gasteiger partial charge < -0.3 is 24.8 Å². The molecule has 0 spiro atoms. The van der Waals surface area contributed by atoms with Crippen molar-refractivity contribution in [3.8, 4) is 11.1 Å². The Bertz CT molecular complexity index is 621. The molecule has 0 heterocycles. The van der Waals surface area contributed by atoms with Gasteiger partial charge in [0.15, 0.2) is 0 Å². The average Bonchev–Trinajstić information content (AvgIpc) is 2.83. The van der Waals surface area contributed by atoms with E-state index in [1.165, 1.54) is 47.1 Å². The van der Waals surface area contributed by atoms with Gasteiger partial charge in [0.05, 0.1) is 0 Å². The van der Waals surface area contributed by atoms with Gasteiger partial charge >= 0.3 is 26.2 Å². The first kappa shape index (κ1) is 21.6. The van der Waals surface area contributed by atoms with Gasteiger partial charge in [0, 0.05) is 0 Å². The molecule has 0 saturated carbocycles. The maximum atomic E-state index is 2.32. The molecule has 0 saturated heterocycles. The first-order valence-electron chi connectivity index (χ1n) is 7.27. The molecule has 2 aromatic rings. The second kappa shape index (κ2) is 10.4. The number of fused-ring (bicyclic) bond motifs is 3. The van der Waals surface area contributed by atoms with Gasteiger partial charge in [0.1, 0.15) is 0 Å². The summed E-state index contributed by atoms with van der Waals surface area (Å²) in [5, 5.41) is 0. The van der Waals surface area contributed by atoms with Gasteiger partial charge in [-0.2, -0.15) is 0 Å². The average molecular weight is 410 g/mol. The standard InChI is InChI=1S/C19H20.2ClH.Zr/c1-2-3-4-5-9-15-11-8-12-17-14-16-10-6-7-13-18(16)19(15)17;;;/h5-13H,2-4,14H2,1H3;2*1H;/q;;;+2/p-2. The summed E-state index contributed by atoms with van der Waals surface area (Å²) >= 11 is 0. The number of hydrogen-bond acceptors (Lipinski definition) is 0. The number of allylic oxidation sites excluding steroid dienone is 1. The molecule has 0 radical (unpaired) electrons. The number of halogens is 2. The van der Waals surface area contributed by atoms with E-state index in [0.29, 0.717) is 0 Å². The molecule has 0 atom stereocenters. The van der Waals surface area contributed by atoms with Crippen LogP contribution in [0.4, 0.5) is 0 Å². The van der Waals surface area contributed by atoms with Crippen molar-refractivity contribution in [2.24, 2.45) is 0 Å². The van der Waals surface area contributed by atoms with Crippen LogP contribution in [0.15, 0.2) is 48.5 Å². The van der Waals surface area contributed by atoms with Crippen molar-refractivity contribution in [2.45, 2.75) is 32.6 Å². The van der Waals surface area contributed by atoms with Crippen LogP contribution in [0.2, 0.25) is 0 Å². The van der Waals surface area contributed by atoms with Crippen molar-refractivity contribution < 1.29 is 51.0 Å². The van der Waals surface area contributed by atoms with Crippen molar-refractivity contribution >= 4 is 6.08 Å². The van der Waals surface area contributed by atoms with Gasteiger partial charge in [-0.25, -0.2) is 0 Å². The van der Waals surface area contributed by atoms with Crippen LogP contribution < -0.4 is 24.8 Å². The van der Waals surface area contributed by atoms with Crippen LogP contribution in [0, 0.1) is 0 Å². The summed E-state index contributed by atoms with van der Waals surface area (Å²) in [5.41, 5.74) is 7.18. The van der Waals surface area contributed by atoms with Gasteiger partial charge in [-0.3, -0.25) is 0 Å². The summed E-state index contributed by atoms with van der Waals surface area (Å²) in [4.78, 5) is 0. The monoisotopic (exact) mass is 408 g/mol. The summed E-state index contributed by atoms with van der Waals surface area (Å²) in [6.45, 7) is 2.24. The molecule has 0 bridgehead atoms. The summed E-state index contributed by atoms with van der Waals surface area (Å²) < 4.78 is 0. The van der Waals surface area contributed by atoms with E-state index in [4.69, 9.17) is 0 Å². The van der Waals surface area contributed by atoms with Crippen LogP contribution in [0.25, 0.3) is 17.2 Å². The van der Waals surface area contributed by atoms with Gasteiger partial charge in [0.2, 0.25) is 0 Å². The second-order valence-electron chi connectivity index (χ2n) is 5.26. The summed E-state index contributed by atoms with van der Waals surface area (Å²) in [6, 6.07) is 15.5. The number of rotatable bonds is 4. The topological polar surface area (TPSA) is 0 Å². The molecule has 0 aliphatic heterocycles. The molecular weight excluding hydrogens is 390 g/mol. The van der Waals surface area contributed by atoms with E-state index in [-0.39, 0.29) is 51.0 Å². The van der Waals surface area contributed by atoms with E-state index < -0.39 is 0 Å². The van der Waals surface area contributed by atoms with Crippen molar-refractivity contribution in [3.63, 3.8) is 0 Å². The minimum atomic E-state index is 0. The van der Waals surface area contributed by atoms with E-state index in [9.17, 15) is 0 Å². The Labute approximate surface area is 165 Å². The Hall–Kier alpha value is -0.357. The summed E-state index contributed by atoms with van der Waals surface area (Å²) in [6.07, 6.45) is 9.43. The van der Waals surface area contributed by atoms with Crippen LogP contribution in [-0.2, 0) is 32.6 Å². The van der Waals surface area contributed by atoms with Gasteiger partial charge in [0.25, 0.3) is 0 Å². The van der Waals surface area contributed by atoms with Crippen LogP contribution in [-0.4, -0.2) is 0 Å². The maximum Gasteiger partial charge on any atom is 2.00 e. The predicted octanol–water partition coefficient (Wildman–Crippen LogP) is -0.533. The number of hydrogen-bond donors (Lipinski definition) is 0. The zero-order valence-corrected chi connectivity index (χ0v) is 16.8. The van der Waals surface area contributed by atoms with Crippen molar-refractivity contribution in [1.82, 2.24) is 0 Å². The molecule has 0 unspecified atom stereocenters. The number of unbranched alkanes of at least 4 members (excludes halogenated alkanes) is 2. The first-order chi connectivity index (χ1) is 9.40. The van der Waals surface area contributed by atoms with Crippen LogP contribution >= 0.6 is 0 Å². The molecule has 1 aliphatic rings.